The Morgan fingerprint density at radius 1 is 0.812 bits per heavy atom. The number of hydrogen-bond acceptors (Lipinski definition) is 5. The predicted molar refractivity (Wildman–Crippen MR) is 123 cm³/mol. The van der Waals surface area contributed by atoms with Crippen LogP contribution in [0.3, 0.4) is 0 Å². The summed E-state index contributed by atoms with van der Waals surface area (Å²) in [6.07, 6.45) is 0.365. The first-order chi connectivity index (χ1) is 15.3. The summed E-state index contributed by atoms with van der Waals surface area (Å²) in [7, 11) is 2.87. The minimum absolute atomic E-state index is 0.0633. The summed E-state index contributed by atoms with van der Waals surface area (Å²) in [4.78, 5) is 28.1. The van der Waals surface area contributed by atoms with Gasteiger partial charge in [0.2, 0.25) is 0 Å². The SMILES string of the molecule is COc1ccc(Cl)cc1C(=O)N(CCc1ccc(O)cc1)C(=O)c1cc(Cl)ccc1OC. The molecule has 0 saturated heterocycles. The molecule has 0 heterocycles. The van der Waals surface area contributed by atoms with E-state index < -0.39 is 11.8 Å². The van der Waals surface area contributed by atoms with E-state index in [2.05, 4.69) is 0 Å². The zero-order chi connectivity index (χ0) is 23.3. The molecule has 0 aliphatic carbocycles. The van der Waals surface area contributed by atoms with Crippen molar-refractivity contribution in [2.24, 2.45) is 0 Å². The number of aromatic hydroxyl groups is 1. The van der Waals surface area contributed by atoms with Gasteiger partial charge in [-0.25, -0.2) is 0 Å². The normalized spacial score (nSPS) is 10.5. The van der Waals surface area contributed by atoms with E-state index in [9.17, 15) is 14.7 Å². The Kier molecular flexibility index (Phi) is 7.62. The number of phenols is 1. The Bertz CT molecular complexity index is 1070. The van der Waals surface area contributed by atoms with Gasteiger partial charge in [-0.05, 0) is 60.5 Å². The third kappa shape index (κ3) is 5.33. The molecule has 2 amide bonds. The number of ether oxygens (including phenoxy) is 2. The van der Waals surface area contributed by atoms with E-state index in [-0.39, 0.29) is 23.4 Å². The van der Waals surface area contributed by atoms with Gasteiger partial charge in [-0.15, -0.1) is 0 Å². The van der Waals surface area contributed by atoms with E-state index in [1.165, 1.54) is 26.4 Å². The Hall–Kier alpha value is -3.22. The Morgan fingerprint density at radius 3 is 1.72 bits per heavy atom. The molecule has 32 heavy (non-hydrogen) atoms. The summed E-state index contributed by atoms with van der Waals surface area (Å²) in [6.45, 7) is 0.0633. The number of carbonyl (C=O) groups is 2. The Balaban J connectivity index is 2.02. The molecule has 0 aliphatic heterocycles. The van der Waals surface area contributed by atoms with Crippen molar-refractivity contribution >= 4 is 35.0 Å². The van der Waals surface area contributed by atoms with E-state index in [0.717, 1.165) is 10.5 Å². The molecule has 0 saturated carbocycles. The molecule has 3 aromatic rings. The number of rotatable bonds is 7. The molecule has 0 unspecified atom stereocenters. The van der Waals surface area contributed by atoms with Gasteiger partial charge in [0, 0.05) is 16.6 Å². The molecule has 0 fully saturated rings. The topological polar surface area (TPSA) is 76.1 Å². The van der Waals surface area contributed by atoms with Gasteiger partial charge in [0.25, 0.3) is 11.8 Å². The summed E-state index contributed by atoms with van der Waals surface area (Å²) < 4.78 is 10.6. The smallest absolute Gasteiger partial charge is 0.264 e. The standard InChI is InChI=1S/C24H21Cl2NO5/c1-31-21-9-5-16(25)13-19(21)23(29)27(12-11-15-3-7-18(28)8-4-15)24(30)20-14-17(26)6-10-22(20)32-2/h3-10,13-14,28H,11-12H2,1-2H3. The van der Waals surface area contributed by atoms with Crippen LogP contribution in [-0.2, 0) is 6.42 Å². The van der Waals surface area contributed by atoms with Crippen molar-refractivity contribution in [3.05, 3.63) is 87.4 Å². The first kappa shape index (κ1) is 23.4. The number of benzene rings is 3. The van der Waals surface area contributed by atoms with Crippen LogP contribution in [0.2, 0.25) is 10.0 Å². The van der Waals surface area contributed by atoms with Gasteiger partial charge in [0.05, 0.1) is 25.3 Å². The van der Waals surface area contributed by atoms with Crippen molar-refractivity contribution in [1.82, 2.24) is 4.90 Å². The zero-order valence-corrected chi connectivity index (χ0v) is 19.0. The molecule has 0 radical (unpaired) electrons. The fourth-order valence-electron chi connectivity index (χ4n) is 3.18. The van der Waals surface area contributed by atoms with Crippen molar-refractivity contribution in [2.75, 3.05) is 20.8 Å². The van der Waals surface area contributed by atoms with Crippen molar-refractivity contribution in [2.45, 2.75) is 6.42 Å². The maximum absolute atomic E-state index is 13.5. The van der Waals surface area contributed by atoms with Crippen LogP contribution in [-0.4, -0.2) is 42.6 Å². The number of halogens is 2. The number of phenolic OH excluding ortho intramolecular Hbond substituents is 1. The highest BCUT2D eigenvalue weighted by molar-refractivity contribution is 6.31. The molecule has 6 nitrogen and oxygen atoms in total. The third-order valence-corrected chi connectivity index (χ3v) is 5.30. The Morgan fingerprint density at radius 2 is 1.28 bits per heavy atom. The molecule has 0 bridgehead atoms. The van der Waals surface area contributed by atoms with Gasteiger partial charge < -0.3 is 14.6 Å². The van der Waals surface area contributed by atoms with Gasteiger partial charge >= 0.3 is 0 Å². The van der Waals surface area contributed by atoms with Crippen molar-refractivity contribution in [3.63, 3.8) is 0 Å². The minimum Gasteiger partial charge on any atom is -0.508 e. The highest BCUT2D eigenvalue weighted by Crippen LogP contribution is 2.28. The molecule has 166 valence electrons. The second-order valence-electron chi connectivity index (χ2n) is 6.87. The van der Waals surface area contributed by atoms with Crippen LogP contribution < -0.4 is 9.47 Å². The van der Waals surface area contributed by atoms with Crippen LogP contribution in [0.5, 0.6) is 17.2 Å². The van der Waals surface area contributed by atoms with E-state index in [4.69, 9.17) is 32.7 Å². The number of methoxy groups -OCH3 is 2. The second kappa shape index (κ2) is 10.4. The first-order valence-electron chi connectivity index (χ1n) is 9.65. The second-order valence-corrected chi connectivity index (χ2v) is 7.74. The van der Waals surface area contributed by atoms with Gasteiger partial charge in [-0.2, -0.15) is 0 Å². The summed E-state index contributed by atoms with van der Waals surface area (Å²) >= 11 is 12.2. The van der Waals surface area contributed by atoms with E-state index in [1.54, 1.807) is 48.5 Å². The van der Waals surface area contributed by atoms with E-state index >= 15 is 0 Å². The van der Waals surface area contributed by atoms with Crippen molar-refractivity contribution in [3.8, 4) is 17.2 Å². The molecule has 0 atom stereocenters. The Labute approximate surface area is 195 Å². The largest absolute Gasteiger partial charge is 0.508 e. The summed E-state index contributed by atoms with van der Waals surface area (Å²) in [5.41, 5.74) is 1.14. The average Bonchev–Trinajstić information content (AvgIpc) is 2.80. The summed E-state index contributed by atoms with van der Waals surface area (Å²) in [6, 6.07) is 15.8. The van der Waals surface area contributed by atoms with Crippen LogP contribution in [0.1, 0.15) is 26.3 Å². The van der Waals surface area contributed by atoms with E-state index in [1.807, 2.05) is 0 Å². The van der Waals surface area contributed by atoms with Crippen molar-refractivity contribution in [1.29, 1.82) is 0 Å². The molecule has 0 aromatic heterocycles. The number of imide groups is 1. The minimum atomic E-state index is -0.574. The van der Waals surface area contributed by atoms with Gasteiger partial charge in [0.15, 0.2) is 0 Å². The number of nitrogens with zero attached hydrogens (tertiary/aromatic N) is 1. The maximum atomic E-state index is 13.5. The molecule has 0 spiro atoms. The lowest BCUT2D eigenvalue weighted by Gasteiger charge is -2.23. The van der Waals surface area contributed by atoms with Gasteiger partial charge in [0.1, 0.15) is 17.2 Å². The van der Waals surface area contributed by atoms with Crippen LogP contribution in [0.25, 0.3) is 0 Å². The van der Waals surface area contributed by atoms with Crippen molar-refractivity contribution < 1.29 is 24.2 Å². The highest BCUT2D eigenvalue weighted by atomic mass is 35.5. The fraction of sp³-hybridized carbons (Fsp3) is 0.167. The lowest BCUT2D eigenvalue weighted by molar-refractivity contribution is 0.0614. The van der Waals surface area contributed by atoms with Crippen LogP contribution in [0.15, 0.2) is 60.7 Å². The van der Waals surface area contributed by atoms with E-state index in [0.29, 0.717) is 28.0 Å². The molecule has 0 aliphatic rings. The molecule has 8 heteroatoms. The third-order valence-electron chi connectivity index (χ3n) is 4.83. The average molecular weight is 474 g/mol. The maximum Gasteiger partial charge on any atom is 0.264 e. The van der Waals surface area contributed by atoms with Crippen LogP contribution in [0.4, 0.5) is 0 Å². The lowest BCUT2D eigenvalue weighted by atomic mass is 10.1. The zero-order valence-electron chi connectivity index (χ0n) is 17.5. The quantitative estimate of drug-likeness (QED) is 0.474. The molecular formula is C24H21Cl2NO5. The number of amides is 2. The molecule has 3 rings (SSSR count). The first-order valence-corrected chi connectivity index (χ1v) is 10.4. The summed E-state index contributed by atoms with van der Waals surface area (Å²) in [5, 5.41) is 10.2. The predicted octanol–water partition coefficient (Wildman–Crippen LogP) is 5.24. The highest BCUT2D eigenvalue weighted by Gasteiger charge is 2.28. The van der Waals surface area contributed by atoms with Gasteiger partial charge in [-0.1, -0.05) is 35.3 Å². The van der Waals surface area contributed by atoms with Crippen LogP contribution >= 0.6 is 23.2 Å². The van der Waals surface area contributed by atoms with Crippen LogP contribution in [0, 0.1) is 0 Å². The molecule has 3 aromatic carbocycles. The molecular weight excluding hydrogens is 453 g/mol. The lowest BCUT2D eigenvalue weighted by Crippen LogP contribution is -2.39. The number of carbonyl (C=O) groups excluding carboxylic acids is 2. The monoisotopic (exact) mass is 473 g/mol. The van der Waals surface area contributed by atoms with Gasteiger partial charge in [-0.3, -0.25) is 14.5 Å². The summed E-state index contributed by atoms with van der Waals surface area (Å²) in [5.74, 6) is -0.435. The number of hydrogen-bond donors (Lipinski definition) is 1. The fourth-order valence-corrected chi connectivity index (χ4v) is 3.53. The molecule has 1 N–H and O–H groups in total.